The van der Waals surface area contributed by atoms with Gasteiger partial charge in [0.25, 0.3) is 0 Å². The van der Waals surface area contributed by atoms with Crippen molar-refractivity contribution < 1.29 is 13.6 Å². The zero-order chi connectivity index (χ0) is 14.5. The van der Waals surface area contributed by atoms with Gasteiger partial charge in [-0.25, -0.2) is 9.37 Å². The van der Waals surface area contributed by atoms with E-state index in [1.54, 1.807) is 19.2 Å². The number of hydrogen-bond acceptors (Lipinski definition) is 4. The normalized spacial score (nSPS) is 12.2. The summed E-state index contributed by atoms with van der Waals surface area (Å²) in [6.45, 7) is 3.74. The van der Waals surface area contributed by atoms with Crippen molar-refractivity contribution in [3.05, 3.63) is 47.9 Å². The molecule has 6 heteroatoms. The quantitative estimate of drug-likeness (QED) is 0.880. The highest BCUT2D eigenvalue weighted by molar-refractivity contribution is 5.92. The molecule has 1 aromatic carbocycles. The van der Waals surface area contributed by atoms with Gasteiger partial charge in [-0.1, -0.05) is 6.07 Å². The molecule has 0 spiro atoms. The van der Waals surface area contributed by atoms with Gasteiger partial charge in [-0.05, 0) is 32.0 Å². The minimum atomic E-state index is -0.389. The summed E-state index contributed by atoms with van der Waals surface area (Å²) in [5.41, 5.74) is 0.427. The minimum absolute atomic E-state index is 0.0824. The van der Waals surface area contributed by atoms with Crippen LogP contribution in [0.15, 0.2) is 34.9 Å². The maximum absolute atomic E-state index is 13.0. The van der Waals surface area contributed by atoms with E-state index in [-0.39, 0.29) is 24.3 Å². The molecular formula is C14H16FN3O2. The van der Waals surface area contributed by atoms with E-state index in [2.05, 4.69) is 15.6 Å². The van der Waals surface area contributed by atoms with Gasteiger partial charge in [-0.2, -0.15) is 0 Å². The molecule has 0 bridgehead atoms. The van der Waals surface area contributed by atoms with E-state index in [4.69, 9.17) is 4.42 Å². The van der Waals surface area contributed by atoms with Crippen molar-refractivity contribution >= 4 is 11.6 Å². The second-order valence-electron chi connectivity index (χ2n) is 4.47. The third-order valence-electron chi connectivity index (χ3n) is 2.69. The summed E-state index contributed by atoms with van der Waals surface area (Å²) < 4.78 is 18.3. The maximum atomic E-state index is 13.0. The Morgan fingerprint density at radius 2 is 2.30 bits per heavy atom. The van der Waals surface area contributed by atoms with Crippen LogP contribution in [-0.2, 0) is 4.79 Å². The molecule has 0 saturated carbocycles. The predicted molar refractivity (Wildman–Crippen MR) is 72.7 cm³/mol. The van der Waals surface area contributed by atoms with Crippen LogP contribution < -0.4 is 10.6 Å². The molecule has 0 fully saturated rings. The molecule has 2 rings (SSSR count). The van der Waals surface area contributed by atoms with E-state index in [0.29, 0.717) is 11.6 Å². The molecule has 106 valence electrons. The van der Waals surface area contributed by atoms with Gasteiger partial charge in [-0.15, -0.1) is 0 Å². The first kappa shape index (κ1) is 14.2. The van der Waals surface area contributed by atoms with Crippen molar-refractivity contribution in [3.63, 3.8) is 0 Å². The van der Waals surface area contributed by atoms with Crippen LogP contribution in [-0.4, -0.2) is 17.4 Å². The molecule has 20 heavy (non-hydrogen) atoms. The third kappa shape index (κ3) is 3.89. The van der Waals surface area contributed by atoms with E-state index in [1.165, 1.54) is 18.2 Å². The van der Waals surface area contributed by atoms with Crippen molar-refractivity contribution in [1.29, 1.82) is 0 Å². The SMILES string of the molecule is Cc1cnc(C(C)NCC(=O)Nc2cccc(F)c2)o1. The van der Waals surface area contributed by atoms with E-state index in [1.807, 2.05) is 6.92 Å². The summed E-state index contributed by atoms with van der Waals surface area (Å²) in [5.74, 6) is 0.601. The molecule has 2 N–H and O–H groups in total. The number of halogens is 1. The number of carbonyl (C=O) groups is 1. The second kappa shape index (κ2) is 6.29. The number of rotatable bonds is 5. The van der Waals surface area contributed by atoms with Gasteiger partial charge in [0.15, 0.2) is 0 Å². The topological polar surface area (TPSA) is 67.2 Å². The fraction of sp³-hybridized carbons (Fsp3) is 0.286. The molecule has 1 atom stereocenters. The Balaban J connectivity index is 1.83. The lowest BCUT2D eigenvalue weighted by atomic mass is 10.3. The molecule has 1 unspecified atom stereocenters. The fourth-order valence-electron chi connectivity index (χ4n) is 1.68. The first-order valence-electron chi connectivity index (χ1n) is 6.26. The Labute approximate surface area is 116 Å². The zero-order valence-electron chi connectivity index (χ0n) is 11.3. The van der Waals surface area contributed by atoms with Crippen molar-refractivity contribution in [2.24, 2.45) is 0 Å². The Morgan fingerprint density at radius 3 is 2.95 bits per heavy atom. The summed E-state index contributed by atoms with van der Waals surface area (Å²) in [6, 6.07) is 5.57. The molecule has 1 heterocycles. The maximum Gasteiger partial charge on any atom is 0.238 e. The molecule has 0 saturated heterocycles. The summed E-state index contributed by atoms with van der Waals surface area (Å²) in [7, 11) is 0. The molecule has 5 nitrogen and oxygen atoms in total. The van der Waals surface area contributed by atoms with Gasteiger partial charge < -0.3 is 9.73 Å². The van der Waals surface area contributed by atoms with Crippen LogP contribution in [0.1, 0.15) is 24.6 Å². The van der Waals surface area contributed by atoms with E-state index in [9.17, 15) is 9.18 Å². The van der Waals surface area contributed by atoms with Gasteiger partial charge in [-0.3, -0.25) is 10.1 Å². The van der Waals surface area contributed by atoms with Gasteiger partial charge in [0.2, 0.25) is 11.8 Å². The largest absolute Gasteiger partial charge is 0.444 e. The number of aromatic nitrogens is 1. The number of anilines is 1. The third-order valence-corrected chi connectivity index (χ3v) is 2.69. The fourth-order valence-corrected chi connectivity index (χ4v) is 1.68. The average Bonchev–Trinajstić information content (AvgIpc) is 2.83. The van der Waals surface area contributed by atoms with Gasteiger partial charge in [0, 0.05) is 5.69 Å². The van der Waals surface area contributed by atoms with Crippen molar-refractivity contribution in [2.45, 2.75) is 19.9 Å². The smallest absolute Gasteiger partial charge is 0.238 e. The molecule has 2 aromatic rings. The van der Waals surface area contributed by atoms with E-state index in [0.717, 1.165) is 5.76 Å². The van der Waals surface area contributed by atoms with Crippen LogP contribution in [0.25, 0.3) is 0 Å². The average molecular weight is 277 g/mol. The zero-order valence-corrected chi connectivity index (χ0v) is 11.3. The number of oxazole rings is 1. The van der Waals surface area contributed by atoms with Crippen molar-refractivity contribution in [2.75, 3.05) is 11.9 Å². The molecular weight excluding hydrogens is 261 g/mol. The Hall–Kier alpha value is -2.21. The minimum Gasteiger partial charge on any atom is -0.444 e. The predicted octanol–water partition coefficient (Wildman–Crippen LogP) is 2.41. The molecule has 1 aromatic heterocycles. The highest BCUT2D eigenvalue weighted by atomic mass is 19.1. The van der Waals surface area contributed by atoms with Crippen LogP contribution in [0, 0.1) is 12.7 Å². The molecule has 0 radical (unpaired) electrons. The molecule has 1 amide bonds. The number of nitrogens with zero attached hydrogens (tertiary/aromatic N) is 1. The standard InChI is InChI=1S/C14H16FN3O2/c1-9-7-17-14(20-9)10(2)16-8-13(19)18-12-5-3-4-11(15)6-12/h3-7,10,16H,8H2,1-2H3,(H,18,19). The lowest BCUT2D eigenvalue weighted by molar-refractivity contribution is -0.115. The van der Waals surface area contributed by atoms with Crippen LogP contribution in [0.5, 0.6) is 0 Å². The summed E-state index contributed by atoms with van der Waals surface area (Å²) in [5, 5.41) is 5.59. The summed E-state index contributed by atoms with van der Waals surface area (Å²) in [6.07, 6.45) is 1.63. The van der Waals surface area contributed by atoms with E-state index < -0.39 is 0 Å². The number of amides is 1. The lowest BCUT2D eigenvalue weighted by Crippen LogP contribution is -2.30. The number of carbonyl (C=O) groups excluding carboxylic acids is 1. The first-order valence-corrected chi connectivity index (χ1v) is 6.26. The number of nitrogens with one attached hydrogen (secondary N) is 2. The first-order chi connectivity index (χ1) is 9.54. The van der Waals surface area contributed by atoms with Gasteiger partial charge in [0.05, 0.1) is 18.8 Å². The second-order valence-corrected chi connectivity index (χ2v) is 4.47. The Kier molecular flexibility index (Phi) is 4.47. The van der Waals surface area contributed by atoms with E-state index >= 15 is 0 Å². The summed E-state index contributed by atoms with van der Waals surface area (Å²) in [4.78, 5) is 15.8. The summed E-state index contributed by atoms with van der Waals surface area (Å²) >= 11 is 0. The van der Waals surface area contributed by atoms with Crippen LogP contribution >= 0.6 is 0 Å². The monoisotopic (exact) mass is 277 g/mol. The highest BCUT2D eigenvalue weighted by Gasteiger charge is 2.12. The Morgan fingerprint density at radius 1 is 1.50 bits per heavy atom. The molecule has 0 aliphatic carbocycles. The van der Waals surface area contributed by atoms with Crippen LogP contribution in [0.4, 0.5) is 10.1 Å². The molecule has 0 aliphatic rings. The van der Waals surface area contributed by atoms with Crippen molar-refractivity contribution in [3.8, 4) is 0 Å². The van der Waals surface area contributed by atoms with Gasteiger partial charge in [0.1, 0.15) is 11.6 Å². The van der Waals surface area contributed by atoms with Gasteiger partial charge >= 0.3 is 0 Å². The lowest BCUT2D eigenvalue weighted by Gasteiger charge is -2.10. The highest BCUT2D eigenvalue weighted by Crippen LogP contribution is 2.12. The van der Waals surface area contributed by atoms with Crippen LogP contribution in [0.3, 0.4) is 0 Å². The number of benzene rings is 1. The Bertz CT molecular complexity index is 598. The van der Waals surface area contributed by atoms with Crippen molar-refractivity contribution in [1.82, 2.24) is 10.3 Å². The van der Waals surface area contributed by atoms with Crippen LogP contribution in [0.2, 0.25) is 0 Å². The number of hydrogen-bond donors (Lipinski definition) is 2. The number of aryl methyl sites for hydroxylation is 1. The molecule has 0 aliphatic heterocycles.